The Kier molecular flexibility index (Phi) is 4.14. The highest BCUT2D eigenvalue weighted by molar-refractivity contribution is 9.11. The van der Waals surface area contributed by atoms with Gasteiger partial charge in [0.1, 0.15) is 14.8 Å². The summed E-state index contributed by atoms with van der Waals surface area (Å²) in [6, 6.07) is 5.82. The molecule has 108 valence electrons. The molecule has 4 nitrogen and oxygen atoms in total. The molecule has 0 atom stereocenters. The molecule has 0 saturated heterocycles. The molecule has 2 aromatic heterocycles. The molecule has 0 fully saturated rings. The van der Waals surface area contributed by atoms with Crippen LogP contribution in [0.5, 0.6) is 11.5 Å². The lowest BCUT2D eigenvalue weighted by molar-refractivity contribution is 0.355. The first-order chi connectivity index (χ1) is 10.1. The molecule has 0 aliphatic carbocycles. The van der Waals surface area contributed by atoms with Crippen molar-refractivity contribution in [3.8, 4) is 22.6 Å². The van der Waals surface area contributed by atoms with Crippen molar-refractivity contribution in [1.29, 1.82) is 0 Å². The van der Waals surface area contributed by atoms with E-state index in [0.29, 0.717) is 11.5 Å². The van der Waals surface area contributed by atoms with Crippen molar-refractivity contribution in [2.75, 3.05) is 14.2 Å². The maximum atomic E-state index is 5.36. The second-order valence-corrected chi connectivity index (χ2v) is 7.18. The first kappa shape index (κ1) is 14.7. The topological polar surface area (TPSA) is 44.2 Å². The number of benzene rings is 1. The van der Waals surface area contributed by atoms with Crippen LogP contribution in [-0.4, -0.2) is 23.6 Å². The molecule has 3 rings (SSSR count). The number of rotatable bonds is 3. The smallest absolute Gasteiger partial charge is 0.161 e. The Hall–Kier alpha value is -1.18. The van der Waals surface area contributed by atoms with E-state index in [1.54, 1.807) is 14.2 Å². The minimum Gasteiger partial charge on any atom is -0.493 e. The number of ether oxygens (including phenoxy) is 2. The summed E-state index contributed by atoms with van der Waals surface area (Å²) in [4.78, 5) is 4.46. The number of halogens is 2. The summed E-state index contributed by atoms with van der Waals surface area (Å²) in [7, 11) is 3.24. The molecule has 0 amide bonds. The molecule has 7 heteroatoms. The van der Waals surface area contributed by atoms with Gasteiger partial charge in [0.15, 0.2) is 11.5 Å². The quantitative estimate of drug-likeness (QED) is 0.593. The molecule has 1 aromatic carbocycles. The number of methoxy groups -OCH3 is 2. The van der Waals surface area contributed by atoms with Gasteiger partial charge in [-0.05, 0) is 45.7 Å². The summed E-state index contributed by atoms with van der Waals surface area (Å²) in [6.07, 6.45) is 1.83. The van der Waals surface area contributed by atoms with Crippen molar-refractivity contribution in [1.82, 2.24) is 9.36 Å². The van der Waals surface area contributed by atoms with Crippen LogP contribution in [0.3, 0.4) is 0 Å². The van der Waals surface area contributed by atoms with Crippen molar-refractivity contribution in [3.05, 3.63) is 32.7 Å². The van der Waals surface area contributed by atoms with Crippen LogP contribution in [0.15, 0.2) is 32.7 Å². The third-order valence-electron chi connectivity index (χ3n) is 3.06. The summed E-state index contributed by atoms with van der Waals surface area (Å²) in [5.74, 6) is 1.36. The van der Waals surface area contributed by atoms with Crippen molar-refractivity contribution in [2.45, 2.75) is 0 Å². The minimum atomic E-state index is 0.676. The lowest BCUT2D eigenvalue weighted by atomic mass is 10.1. The number of pyridine rings is 1. The van der Waals surface area contributed by atoms with Crippen molar-refractivity contribution in [2.24, 2.45) is 0 Å². The first-order valence-electron chi connectivity index (χ1n) is 5.97. The number of fused-ring (bicyclic) bond motifs is 1. The van der Waals surface area contributed by atoms with Crippen LogP contribution in [0.25, 0.3) is 22.2 Å². The van der Waals surface area contributed by atoms with Gasteiger partial charge in [-0.3, -0.25) is 4.98 Å². The Bertz CT molecular complexity index is 820. The SMILES string of the molecule is COc1cc(Br)c(-c2cnc3c(Br)snc3c2)cc1OC. The molecule has 0 radical (unpaired) electrons. The van der Waals surface area contributed by atoms with Gasteiger partial charge < -0.3 is 9.47 Å². The number of hydrogen-bond donors (Lipinski definition) is 0. The lowest BCUT2D eigenvalue weighted by Crippen LogP contribution is -1.92. The second kappa shape index (κ2) is 5.90. The molecule has 2 heterocycles. The van der Waals surface area contributed by atoms with Crippen LogP contribution in [0, 0.1) is 0 Å². The fourth-order valence-electron chi connectivity index (χ4n) is 2.03. The molecule has 0 bridgehead atoms. The van der Waals surface area contributed by atoms with Gasteiger partial charge in [-0.2, -0.15) is 4.37 Å². The molecule has 0 spiro atoms. The molecule has 3 aromatic rings. The number of aromatic nitrogens is 2. The van der Waals surface area contributed by atoms with Crippen molar-refractivity contribution >= 4 is 54.4 Å². The van der Waals surface area contributed by atoms with E-state index in [0.717, 1.165) is 30.4 Å². The number of nitrogens with zero attached hydrogens (tertiary/aromatic N) is 2. The van der Waals surface area contributed by atoms with Crippen LogP contribution in [0.2, 0.25) is 0 Å². The molecule has 0 aliphatic heterocycles. The van der Waals surface area contributed by atoms with E-state index in [1.165, 1.54) is 11.5 Å². The molecule has 0 unspecified atom stereocenters. The largest absolute Gasteiger partial charge is 0.493 e. The van der Waals surface area contributed by atoms with Gasteiger partial charge in [-0.25, -0.2) is 0 Å². The predicted octanol–water partition coefficient (Wildman–Crippen LogP) is 4.90. The molecule has 0 N–H and O–H groups in total. The summed E-state index contributed by atoms with van der Waals surface area (Å²) >= 11 is 8.41. The van der Waals surface area contributed by atoms with Crippen LogP contribution in [0.1, 0.15) is 0 Å². The van der Waals surface area contributed by atoms with Gasteiger partial charge in [-0.15, -0.1) is 0 Å². The second-order valence-electron chi connectivity index (χ2n) is 4.24. The van der Waals surface area contributed by atoms with Crippen molar-refractivity contribution < 1.29 is 9.47 Å². The Balaban J connectivity index is 2.17. The molecular weight excluding hydrogens is 420 g/mol. The Morgan fingerprint density at radius 3 is 2.48 bits per heavy atom. The Morgan fingerprint density at radius 2 is 1.76 bits per heavy atom. The summed E-state index contributed by atoms with van der Waals surface area (Å²) in [5, 5.41) is 0. The highest BCUT2D eigenvalue weighted by Gasteiger charge is 2.13. The zero-order chi connectivity index (χ0) is 15.0. The Labute approximate surface area is 142 Å². The highest BCUT2D eigenvalue weighted by atomic mass is 79.9. The third kappa shape index (κ3) is 2.65. The van der Waals surface area contributed by atoms with Gasteiger partial charge in [0.25, 0.3) is 0 Å². The van der Waals surface area contributed by atoms with E-state index >= 15 is 0 Å². The average molecular weight is 430 g/mol. The van der Waals surface area contributed by atoms with Gasteiger partial charge >= 0.3 is 0 Å². The zero-order valence-electron chi connectivity index (χ0n) is 11.2. The van der Waals surface area contributed by atoms with Gasteiger partial charge in [0.05, 0.1) is 14.2 Å². The summed E-state index contributed by atoms with van der Waals surface area (Å²) < 4.78 is 16.9. The van der Waals surface area contributed by atoms with Gasteiger partial charge in [-0.1, -0.05) is 15.9 Å². The molecule has 21 heavy (non-hydrogen) atoms. The van der Waals surface area contributed by atoms with Crippen LogP contribution >= 0.6 is 43.4 Å². The monoisotopic (exact) mass is 428 g/mol. The molecule has 0 saturated carbocycles. The maximum Gasteiger partial charge on any atom is 0.161 e. The van der Waals surface area contributed by atoms with E-state index < -0.39 is 0 Å². The lowest BCUT2D eigenvalue weighted by Gasteiger charge is -2.12. The standard InChI is InChI=1S/C14H10Br2N2O2S/c1-19-11-4-8(9(15)5-12(11)20-2)7-3-10-13(17-6-7)14(16)21-18-10/h3-6H,1-2H3. The Morgan fingerprint density at radius 1 is 1.05 bits per heavy atom. The van der Waals surface area contributed by atoms with E-state index in [9.17, 15) is 0 Å². The first-order valence-corrected chi connectivity index (χ1v) is 8.32. The van der Waals surface area contributed by atoms with E-state index in [1.807, 2.05) is 24.4 Å². The van der Waals surface area contributed by atoms with Gasteiger partial charge in [0, 0.05) is 21.8 Å². The van der Waals surface area contributed by atoms with E-state index in [2.05, 4.69) is 41.2 Å². The highest BCUT2D eigenvalue weighted by Crippen LogP contribution is 2.39. The van der Waals surface area contributed by atoms with Gasteiger partial charge in [0.2, 0.25) is 0 Å². The van der Waals surface area contributed by atoms with Crippen LogP contribution < -0.4 is 9.47 Å². The zero-order valence-corrected chi connectivity index (χ0v) is 15.2. The van der Waals surface area contributed by atoms with Crippen LogP contribution in [0.4, 0.5) is 0 Å². The summed E-state index contributed by atoms with van der Waals surface area (Å²) in [5.41, 5.74) is 3.69. The van der Waals surface area contributed by atoms with E-state index in [4.69, 9.17) is 9.47 Å². The molecule has 0 aliphatic rings. The summed E-state index contributed by atoms with van der Waals surface area (Å²) in [6.45, 7) is 0. The van der Waals surface area contributed by atoms with Crippen LogP contribution in [-0.2, 0) is 0 Å². The predicted molar refractivity (Wildman–Crippen MR) is 91.4 cm³/mol. The number of hydrogen-bond acceptors (Lipinski definition) is 5. The van der Waals surface area contributed by atoms with Crippen molar-refractivity contribution in [3.63, 3.8) is 0 Å². The maximum absolute atomic E-state index is 5.36. The van der Waals surface area contributed by atoms with E-state index in [-0.39, 0.29) is 0 Å². The molecular formula is C14H10Br2N2O2S. The fourth-order valence-corrected chi connectivity index (χ4v) is 3.66. The third-order valence-corrected chi connectivity index (χ3v) is 5.17. The normalized spacial score (nSPS) is 10.9. The fraction of sp³-hybridized carbons (Fsp3) is 0.143. The minimum absolute atomic E-state index is 0.676. The average Bonchev–Trinajstić information content (AvgIpc) is 2.87.